The van der Waals surface area contributed by atoms with E-state index in [2.05, 4.69) is 51.9 Å². The Bertz CT molecular complexity index is 811. The van der Waals surface area contributed by atoms with E-state index in [1.54, 1.807) is 42.7 Å². The topological polar surface area (TPSA) is 78.5 Å². The zero-order valence-electron chi connectivity index (χ0n) is 16.6. The molecule has 0 bridgehead atoms. The van der Waals surface area contributed by atoms with Crippen molar-refractivity contribution in [3.63, 3.8) is 0 Å². The first kappa shape index (κ1) is 25.6. The molecular weight excluding hydrogens is 386 g/mol. The van der Waals surface area contributed by atoms with E-state index >= 15 is 0 Å². The van der Waals surface area contributed by atoms with Crippen molar-refractivity contribution in [2.75, 3.05) is 6.54 Å². The van der Waals surface area contributed by atoms with Gasteiger partial charge in [0, 0.05) is 59.8 Å². The van der Waals surface area contributed by atoms with Crippen molar-refractivity contribution in [3.8, 4) is 0 Å². The average molecular weight is 412 g/mol. The lowest BCUT2D eigenvalue weighted by Gasteiger charge is -2.05. The number of rotatable bonds is 13. The third kappa shape index (κ3) is 13.4. The summed E-state index contributed by atoms with van der Waals surface area (Å²) in [6.07, 6.45) is 14.9. The van der Waals surface area contributed by atoms with Crippen LogP contribution >= 0.6 is 11.6 Å². The summed E-state index contributed by atoms with van der Waals surface area (Å²) in [4.78, 5) is 28.1. The van der Waals surface area contributed by atoms with Gasteiger partial charge in [-0.15, -0.1) is 0 Å². The van der Waals surface area contributed by atoms with Crippen molar-refractivity contribution < 1.29 is 4.79 Å². The lowest BCUT2D eigenvalue weighted by atomic mass is 10.1. The molecule has 0 spiro atoms. The van der Waals surface area contributed by atoms with Gasteiger partial charge in [-0.3, -0.25) is 24.8 Å². The van der Waals surface area contributed by atoms with Crippen LogP contribution in [0.5, 0.6) is 0 Å². The molecule has 0 aromatic rings. The van der Waals surface area contributed by atoms with Crippen molar-refractivity contribution in [2.24, 2.45) is 20.0 Å². The Kier molecular flexibility index (Phi) is 14.8. The molecule has 7 heteroatoms. The maximum atomic E-state index is 12.2. The van der Waals surface area contributed by atoms with Gasteiger partial charge in [0.1, 0.15) is 0 Å². The molecule has 0 aromatic heterocycles. The molecule has 0 heterocycles. The van der Waals surface area contributed by atoms with E-state index < -0.39 is 0 Å². The number of hydrogen-bond donors (Lipinski definition) is 1. The summed E-state index contributed by atoms with van der Waals surface area (Å²) < 4.78 is 0. The standard InChI is InChI=1S/C22H26ClN5O/c1-6-12-26-19(3)10-13-28-22(29)18(2)16-21(25-5)17-20(9-7-8-11-23)27-15-14-24-4/h6-12,14-16H,1-2,4-5,13,17H2,3H3,(H,28,29)/b9-7+,11-8+,15-14+,19-10+,21-16-,26-12?,27-20+. The lowest BCUT2D eigenvalue weighted by molar-refractivity contribution is -0.116. The molecule has 0 aromatic carbocycles. The van der Waals surface area contributed by atoms with Crippen LogP contribution in [0.4, 0.5) is 0 Å². The van der Waals surface area contributed by atoms with E-state index in [1.807, 2.05) is 6.92 Å². The first-order valence-electron chi connectivity index (χ1n) is 8.55. The highest BCUT2D eigenvalue weighted by molar-refractivity contribution is 6.25. The fourth-order valence-corrected chi connectivity index (χ4v) is 1.85. The van der Waals surface area contributed by atoms with Crippen LogP contribution in [-0.4, -0.2) is 37.8 Å². The van der Waals surface area contributed by atoms with Crippen molar-refractivity contribution in [3.05, 3.63) is 84.5 Å². The second-order valence-corrected chi connectivity index (χ2v) is 5.60. The number of allylic oxidation sites excluding steroid dienone is 6. The maximum Gasteiger partial charge on any atom is 0.250 e. The number of nitrogens with one attached hydrogen (secondary N) is 1. The summed E-state index contributed by atoms with van der Waals surface area (Å²) in [5, 5.41) is 2.74. The monoisotopic (exact) mass is 411 g/mol. The van der Waals surface area contributed by atoms with Gasteiger partial charge in [0.15, 0.2) is 0 Å². The van der Waals surface area contributed by atoms with Crippen LogP contribution < -0.4 is 5.32 Å². The lowest BCUT2D eigenvalue weighted by Crippen LogP contribution is -2.24. The fourth-order valence-electron chi connectivity index (χ4n) is 1.77. The van der Waals surface area contributed by atoms with E-state index in [9.17, 15) is 4.79 Å². The van der Waals surface area contributed by atoms with Gasteiger partial charge in [-0.2, -0.15) is 0 Å². The number of nitrogens with zero attached hydrogens (tertiary/aromatic N) is 4. The van der Waals surface area contributed by atoms with E-state index in [1.165, 1.54) is 17.9 Å². The Balaban J connectivity index is 5.15. The molecule has 1 N–H and O–H groups in total. The summed E-state index contributed by atoms with van der Waals surface area (Å²) in [5.74, 6) is -0.322. The fraction of sp³-hybridized carbons (Fsp3) is 0.136. The summed E-state index contributed by atoms with van der Waals surface area (Å²) in [7, 11) is 0. The summed E-state index contributed by atoms with van der Waals surface area (Å²) in [6, 6.07) is 0. The molecule has 0 saturated heterocycles. The predicted octanol–water partition coefficient (Wildman–Crippen LogP) is 4.72. The third-order valence-corrected chi connectivity index (χ3v) is 3.27. The van der Waals surface area contributed by atoms with E-state index in [0.717, 1.165) is 5.70 Å². The Morgan fingerprint density at radius 1 is 1.21 bits per heavy atom. The molecule has 0 aliphatic heterocycles. The van der Waals surface area contributed by atoms with Crippen LogP contribution in [0.2, 0.25) is 0 Å². The van der Waals surface area contributed by atoms with E-state index in [-0.39, 0.29) is 11.5 Å². The Morgan fingerprint density at radius 3 is 2.59 bits per heavy atom. The number of halogens is 1. The second kappa shape index (κ2) is 16.8. The molecular formula is C22H26ClN5O. The predicted molar refractivity (Wildman–Crippen MR) is 127 cm³/mol. The number of aliphatic imine (C=N–C) groups is 4. The van der Waals surface area contributed by atoms with Crippen LogP contribution in [0, 0.1) is 0 Å². The first-order chi connectivity index (χ1) is 14.0. The van der Waals surface area contributed by atoms with E-state index in [0.29, 0.717) is 24.4 Å². The van der Waals surface area contributed by atoms with Crippen LogP contribution in [0.25, 0.3) is 0 Å². The van der Waals surface area contributed by atoms with Crippen molar-refractivity contribution in [1.29, 1.82) is 0 Å². The Hall–Kier alpha value is -3.38. The van der Waals surface area contributed by atoms with Crippen molar-refractivity contribution in [1.82, 2.24) is 5.32 Å². The zero-order chi connectivity index (χ0) is 21.9. The van der Waals surface area contributed by atoms with Crippen LogP contribution in [0.3, 0.4) is 0 Å². The molecule has 0 unspecified atom stereocenters. The normalized spacial score (nSPS) is 13.5. The number of hydrogen-bond acceptors (Lipinski definition) is 5. The minimum absolute atomic E-state index is 0.250. The summed E-state index contributed by atoms with van der Waals surface area (Å²) in [6.45, 7) is 16.4. The Labute approximate surface area is 177 Å². The molecule has 0 atom stereocenters. The van der Waals surface area contributed by atoms with Crippen LogP contribution in [-0.2, 0) is 4.79 Å². The number of carbonyl (C=O) groups is 1. The molecule has 0 radical (unpaired) electrons. The van der Waals surface area contributed by atoms with Gasteiger partial charge < -0.3 is 5.32 Å². The van der Waals surface area contributed by atoms with Crippen molar-refractivity contribution >= 4 is 42.9 Å². The SMILES string of the molecule is C=CC=N/C(C)=C/CNC(=O)C(=C)/C=C(/CC(/C=C/C=C/Cl)=N/C=C/N=C)N=C. The molecule has 6 nitrogen and oxygen atoms in total. The van der Waals surface area contributed by atoms with Gasteiger partial charge in [-0.25, -0.2) is 0 Å². The van der Waals surface area contributed by atoms with E-state index in [4.69, 9.17) is 11.6 Å². The molecule has 0 aliphatic carbocycles. The van der Waals surface area contributed by atoms with Crippen LogP contribution in [0.1, 0.15) is 13.3 Å². The van der Waals surface area contributed by atoms with Crippen molar-refractivity contribution in [2.45, 2.75) is 13.3 Å². The molecule has 1 amide bonds. The summed E-state index contributed by atoms with van der Waals surface area (Å²) in [5.41, 5.74) is 3.58. The second-order valence-electron chi connectivity index (χ2n) is 5.34. The quantitative estimate of drug-likeness (QED) is 0.266. The van der Waals surface area contributed by atoms with Gasteiger partial charge in [0.2, 0.25) is 0 Å². The molecule has 0 saturated carbocycles. The smallest absolute Gasteiger partial charge is 0.250 e. The molecule has 0 fully saturated rings. The molecule has 0 rings (SSSR count). The molecule has 0 aliphatic rings. The summed E-state index contributed by atoms with van der Waals surface area (Å²) >= 11 is 5.51. The van der Waals surface area contributed by atoms with Gasteiger partial charge in [-0.1, -0.05) is 43.0 Å². The highest BCUT2D eigenvalue weighted by Crippen LogP contribution is 2.10. The zero-order valence-corrected chi connectivity index (χ0v) is 17.3. The third-order valence-electron chi connectivity index (χ3n) is 3.13. The minimum Gasteiger partial charge on any atom is -0.349 e. The number of amides is 1. The highest BCUT2D eigenvalue weighted by Gasteiger charge is 2.06. The van der Waals surface area contributed by atoms with Gasteiger partial charge >= 0.3 is 0 Å². The van der Waals surface area contributed by atoms with Gasteiger partial charge in [0.05, 0.1) is 0 Å². The van der Waals surface area contributed by atoms with Gasteiger partial charge in [0.25, 0.3) is 5.91 Å². The first-order valence-corrected chi connectivity index (χ1v) is 8.99. The Morgan fingerprint density at radius 2 is 1.97 bits per heavy atom. The van der Waals surface area contributed by atoms with Crippen LogP contribution in [0.15, 0.2) is 104 Å². The molecule has 152 valence electrons. The molecule has 29 heavy (non-hydrogen) atoms. The largest absolute Gasteiger partial charge is 0.349 e. The minimum atomic E-state index is -0.322. The average Bonchev–Trinajstić information content (AvgIpc) is 2.71. The van der Waals surface area contributed by atoms with Gasteiger partial charge in [-0.05, 0) is 38.6 Å². The number of carbonyl (C=O) groups excluding carboxylic acids is 1. The maximum absolute atomic E-state index is 12.2. The highest BCUT2D eigenvalue weighted by atomic mass is 35.5.